The molecule has 0 spiro atoms. The molecule has 0 aliphatic heterocycles. The summed E-state index contributed by atoms with van der Waals surface area (Å²) in [5, 5.41) is 2.53. The van der Waals surface area contributed by atoms with E-state index in [2.05, 4.69) is 186 Å². The molecule has 2 heterocycles. The molecule has 0 fully saturated rings. The molecule has 2 aromatic heterocycles. The molecule has 7 aromatic rings. The third-order valence-corrected chi connectivity index (χ3v) is 11.1. The first-order chi connectivity index (χ1) is 25.7. The Balaban J connectivity index is 1.09. The highest BCUT2D eigenvalue weighted by atomic mass is 15.0. The minimum absolute atomic E-state index is 1.03. The summed E-state index contributed by atoms with van der Waals surface area (Å²) in [6.07, 6.45) is 20.3. The molecule has 5 aromatic carbocycles. The van der Waals surface area contributed by atoms with E-state index >= 15 is 0 Å². The van der Waals surface area contributed by atoms with Gasteiger partial charge in [0.25, 0.3) is 0 Å². The lowest BCUT2D eigenvalue weighted by molar-refractivity contribution is 0.888. The van der Waals surface area contributed by atoms with Crippen molar-refractivity contribution in [1.82, 2.24) is 9.13 Å². The number of aromatic nitrogens is 2. The summed E-state index contributed by atoms with van der Waals surface area (Å²) >= 11 is 0. The van der Waals surface area contributed by atoms with Crippen LogP contribution in [-0.4, -0.2) is 9.13 Å². The van der Waals surface area contributed by atoms with E-state index in [4.69, 9.17) is 0 Å². The van der Waals surface area contributed by atoms with Crippen LogP contribution in [0.15, 0.2) is 157 Å². The smallest absolute Gasteiger partial charge is 0.0618 e. The van der Waals surface area contributed by atoms with Crippen LogP contribution >= 0.6 is 0 Å². The van der Waals surface area contributed by atoms with Gasteiger partial charge in [0.15, 0.2) is 0 Å². The van der Waals surface area contributed by atoms with Crippen LogP contribution in [0, 0.1) is 0 Å². The van der Waals surface area contributed by atoms with Gasteiger partial charge in [-0.05, 0) is 121 Å². The van der Waals surface area contributed by atoms with Crippen molar-refractivity contribution in [1.29, 1.82) is 0 Å². The first-order valence-electron chi connectivity index (χ1n) is 18.5. The number of nitrogens with zero attached hydrogens (tertiary/aromatic N) is 2. The second-order valence-corrected chi connectivity index (χ2v) is 14.2. The Labute approximate surface area is 305 Å². The zero-order chi connectivity index (χ0) is 34.6. The molecule has 2 nitrogen and oxygen atoms in total. The van der Waals surface area contributed by atoms with Crippen LogP contribution in [-0.2, 0) is 6.42 Å². The molecule has 0 saturated heterocycles. The van der Waals surface area contributed by atoms with Gasteiger partial charge in [0.1, 0.15) is 0 Å². The van der Waals surface area contributed by atoms with Crippen molar-refractivity contribution in [3.63, 3.8) is 0 Å². The Kier molecular flexibility index (Phi) is 7.30. The SMILES string of the molecule is CC1=C(c2cccc(-n3c4c(c5cc(C6=Cc7c(n(-c8ccc(-c9ccccc9)cc8)c8ccccc78)C=C=C6)ccc53)C=CCC4)c2)C=CCC1. The van der Waals surface area contributed by atoms with Crippen LogP contribution in [0.1, 0.15) is 59.8 Å². The molecule has 0 radical (unpaired) electrons. The minimum Gasteiger partial charge on any atom is -0.313 e. The van der Waals surface area contributed by atoms with Gasteiger partial charge in [0.2, 0.25) is 0 Å². The van der Waals surface area contributed by atoms with E-state index in [1.165, 1.54) is 77.7 Å². The minimum atomic E-state index is 1.03. The van der Waals surface area contributed by atoms with Gasteiger partial charge in [-0.3, -0.25) is 0 Å². The van der Waals surface area contributed by atoms with Crippen LogP contribution < -0.4 is 0 Å². The average molecular weight is 667 g/mol. The van der Waals surface area contributed by atoms with Gasteiger partial charge in [-0.15, -0.1) is 5.73 Å². The summed E-state index contributed by atoms with van der Waals surface area (Å²) in [5.41, 5.74) is 22.4. The monoisotopic (exact) mass is 666 g/mol. The molecule has 10 rings (SSSR count). The number of benzene rings is 5. The molecular weight excluding hydrogens is 629 g/mol. The van der Waals surface area contributed by atoms with E-state index in [9.17, 15) is 0 Å². The topological polar surface area (TPSA) is 9.86 Å². The predicted octanol–water partition coefficient (Wildman–Crippen LogP) is 13.0. The fourth-order valence-electron chi connectivity index (χ4n) is 8.49. The van der Waals surface area contributed by atoms with Crippen molar-refractivity contribution in [3.8, 4) is 22.5 Å². The summed E-state index contributed by atoms with van der Waals surface area (Å²) in [5.74, 6) is 0. The van der Waals surface area contributed by atoms with Crippen LogP contribution in [0.4, 0.5) is 0 Å². The molecule has 0 amide bonds. The molecule has 2 heteroatoms. The summed E-state index contributed by atoms with van der Waals surface area (Å²) in [6.45, 7) is 2.28. The second-order valence-electron chi connectivity index (χ2n) is 14.2. The van der Waals surface area contributed by atoms with Crippen LogP contribution in [0.3, 0.4) is 0 Å². The number of para-hydroxylation sites is 1. The van der Waals surface area contributed by atoms with Gasteiger partial charge >= 0.3 is 0 Å². The van der Waals surface area contributed by atoms with Crippen molar-refractivity contribution >= 4 is 51.2 Å². The fourth-order valence-corrected chi connectivity index (χ4v) is 8.49. The van der Waals surface area contributed by atoms with Crippen molar-refractivity contribution in [3.05, 3.63) is 191 Å². The Morgan fingerprint density at radius 3 is 2.17 bits per heavy atom. The Hall–Kier alpha value is -6.34. The Bertz CT molecular complexity index is 2750. The lowest BCUT2D eigenvalue weighted by Crippen LogP contribution is -2.03. The van der Waals surface area contributed by atoms with Gasteiger partial charge in [0.05, 0.1) is 16.7 Å². The third kappa shape index (κ3) is 5.03. The van der Waals surface area contributed by atoms with E-state index in [-0.39, 0.29) is 0 Å². The highest BCUT2D eigenvalue weighted by Crippen LogP contribution is 2.39. The van der Waals surface area contributed by atoms with Crippen molar-refractivity contribution in [2.45, 2.75) is 32.6 Å². The normalized spacial score (nSPS) is 14.9. The van der Waals surface area contributed by atoms with E-state index in [0.717, 1.165) is 42.6 Å². The molecule has 0 unspecified atom stereocenters. The molecule has 0 saturated carbocycles. The van der Waals surface area contributed by atoms with Gasteiger partial charge in [-0.2, -0.15) is 0 Å². The van der Waals surface area contributed by atoms with E-state index in [1.54, 1.807) is 0 Å². The molecule has 3 aliphatic carbocycles. The number of allylic oxidation sites excluding steroid dienone is 7. The molecule has 52 heavy (non-hydrogen) atoms. The standard InChI is InChI=1S/C50H38N2/c1-34-13-5-6-19-42(34)39-17-11-18-41(31-39)52-48-23-10-8-21-44(48)46-33-38(27-30-50(46)52)37-16-12-24-49-45(32-37)43-20-7-9-22-47(43)51(49)40-28-25-36(26-29-40)35-14-3-2-4-15-35/h2-4,6-9,11,14-22,24-33H,5,10,13,23H2,1H3. The van der Waals surface area contributed by atoms with E-state index < -0.39 is 0 Å². The van der Waals surface area contributed by atoms with Crippen molar-refractivity contribution in [2.24, 2.45) is 0 Å². The summed E-state index contributed by atoms with van der Waals surface area (Å²) in [6, 6.07) is 44.4. The van der Waals surface area contributed by atoms with Gasteiger partial charge in [-0.25, -0.2) is 0 Å². The number of rotatable bonds is 5. The lowest BCUT2D eigenvalue weighted by Gasteiger charge is -2.17. The maximum Gasteiger partial charge on any atom is 0.0618 e. The highest BCUT2D eigenvalue weighted by Gasteiger charge is 2.22. The molecular formula is C50H38N2. The third-order valence-electron chi connectivity index (χ3n) is 11.1. The molecule has 248 valence electrons. The highest BCUT2D eigenvalue weighted by molar-refractivity contribution is 6.04. The van der Waals surface area contributed by atoms with Crippen molar-refractivity contribution < 1.29 is 0 Å². The predicted molar refractivity (Wildman–Crippen MR) is 221 cm³/mol. The maximum atomic E-state index is 3.57. The average Bonchev–Trinajstić information content (AvgIpc) is 3.60. The van der Waals surface area contributed by atoms with Crippen molar-refractivity contribution in [2.75, 3.05) is 0 Å². The molecule has 3 aliphatic rings. The number of hydrogen-bond donors (Lipinski definition) is 0. The first-order valence-corrected chi connectivity index (χ1v) is 18.5. The van der Waals surface area contributed by atoms with Crippen LogP contribution in [0.2, 0.25) is 0 Å². The van der Waals surface area contributed by atoms with Gasteiger partial charge in [-0.1, -0.05) is 109 Å². The van der Waals surface area contributed by atoms with E-state index in [1.807, 2.05) is 0 Å². The Morgan fingerprint density at radius 2 is 1.29 bits per heavy atom. The largest absolute Gasteiger partial charge is 0.313 e. The Morgan fingerprint density at radius 1 is 0.538 bits per heavy atom. The zero-order valence-electron chi connectivity index (χ0n) is 29.3. The molecule has 0 N–H and O–H groups in total. The number of hydrogen-bond acceptors (Lipinski definition) is 0. The zero-order valence-corrected chi connectivity index (χ0v) is 29.3. The molecule has 0 bridgehead atoms. The van der Waals surface area contributed by atoms with Crippen LogP contribution in [0.25, 0.3) is 73.7 Å². The summed E-state index contributed by atoms with van der Waals surface area (Å²) in [7, 11) is 0. The first kappa shape index (κ1) is 30.5. The summed E-state index contributed by atoms with van der Waals surface area (Å²) in [4.78, 5) is 0. The second kappa shape index (κ2) is 12.5. The quantitative estimate of drug-likeness (QED) is 0.162. The maximum absolute atomic E-state index is 3.57. The van der Waals surface area contributed by atoms with Gasteiger partial charge < -0.3 is 9.13 Å². The van der Waals surface area contributed by atoms with Crippen LogP contribution in [0.5, 0.6) is 0 Å². The number of fused-ring (bicyclic) bond motifs is 6. The molecule has 0 atom stereocenters. The summed E-state index contributed by atoms with van der Waals surface area (Å²) < 4.78 is 4.88. The lowest BCUT2D eigenvalue weighted by atomic mass is 9.93. The van der Waals surface area contributed by atoms with E-state index in [0.29, 0.717) is 0 Å². The van der Waals surface area contributed by atoms with Gasteiger partial charge in [0, 0.05) is 45.0 Å². The fraction of sp³-hybridized carbons (Fsp3) is 0.100.